The van der Waals surface area contributed by atoms with Crippen molar-refractivity contribution >= 4 is 64.0 Å². The Hall–Kier alpha value is -1.36. The highest BCUT2D eigenvalue weighted by molar-refractivity contribution is 6.55. The largest absolute Gasteiger partial charge is 0.527 e. The summed E-state index contributed by atoms with van der Waals surface area (Å²) in [5.41, 5.74) is -9.16. The van der Waals surface area contributed by atoms with E-state index in [9.17, 15) is 66.3 Å². The molecule has 0 radical (unpaired) electrons. The van der Waals surface area contributed by atoms with Gasteiger partial charge < -0.3 is 4.74 Å². The van der Waals surface area contributed by atoms with Crippen LogP contribution in [0.3, 0.4) is 0 Å². The summed E-state index contributed by atoms with van der Waals surface area (Å²) in [7, 11) is 0. The first-order valence-corrected chi connectivity index (χ1v) is 11.1. The normalized spacial score (nSPS) is 16.9. The van der Waals surface area contributed by atoms with Crippen molar-refractivity contribution in [2.24, 2.45) is 0 Å². The first-order valence-electron chi connectivity index (χ1n) is 9.25. The lowest BCUT2D eigenvalue weighted by atomic mass is 9.90. The zero-order chi connectivity index (χ0) is 34.6. The predicted octanol–water partition coefficient (Wildman–Crippen LogP) is 9.97. The minimum Gasteiger partial charge on any atom is -0.431 e. The van der Waals surface area contributed by atoms with Crippen LogP contribution in [0.4, 0.5) is 70.2 Å². The van der Waals surface area contributed by atoms with Gasteiger partial charge in [0.25, 0.3) is 0 Å². The Morgan fingerprint density at radius 3 is 1.23 bits per heavy atom. The van der Waals surface area contributed by atoms with Crippen molar-refractivity contribution in [2.45, 2.75) is 48.7 Å². The van der Waals surface area contributed by atoms with Gasteiger partial charge in [0.1, 0.15) is 0 Å². The Labute approximate surface area is 250 Å². The number of ether oxygens (including phenoxy) is 4. The molecule has 0 aliphatic rings. The fraction of sp³-hybridized carbons (Fsp3) is 0.471. The summed E-state index contributed by atoms with van der Waals surface area (Å²) in [5.74, 6) is -2.73. The minimum absolute atomic E-state index is 0.413. The maximum absolute atomic E-state index is 15.4. The van der Waals surface area contributed by atoms with Crippen molar-refractivity contribution in [3.8, 4) is 0 Å². The van der Waals surface area contributed by atoms with Gasteiger partial charge in [-0.3, -0.25) is 0 Å². The number of carbonyl (C=O) groups excluding carboxylic acids is 1. The van der Waals surface area contributed by atoms with Gasteiger partial charge in [0.05, 0.1) is 30.7 Å². The lowest BCUT2D eigenvalue weighted by Gasteiger charge is -2.43. The van der Waals surface area contributed by atoms with Crippen molar-refractivity contribution in [3.05, 3.63) is 43.3 Å². The van der Waals surface area contributed by atoms with E-state index < -0.39 is 91.4 Å². The van der Waals surface area contributed by atoms with Gasteiger partial charge in [-0.2, -0.15) is 57.1 Å². The highest BCUT2D eigenvalue weighted by Crippen LogP contribution is 2.61. The third-order valence-corrected chi connectivity index (χ3v) is 6.51. The summed E-state index contributed by atoms with van der Waals surface area (Å²) < 4.78 is 227. The number of esters is 1. The van der Waals surface area contributed by atoms with Crippen molar-refractivity contribution in [1.29, 1.82) is 0 Å². The van der Waals surface area contributed by atoms with E-state index >= 15 is 8.78 Å². The van der Waals surface area contributed by atoms with E-state index in [1.165, 1.54) is 4.74 Å². The molecule has 0 spiro atoms. The predicted molar refractivity (Wildman–Crippen MR) is 110 cm³/mol. The Bertz CT molecular complexity index is 1220. The van der Waals surface area contributed by atoms with Crippen LogP contribution in [0, 0.1) is 0 Å². The first kappa shape index (κ1) is 39.7. The number of carbonyl (C=O) groups is 1. The van der Waals surface area contributed by atoms with Crippen LogP contribution < -0.4 is 0 Å². The second-order valence-electron chi connectivity index (χ2n) is 7.09. The zero-order valence-corrected chi connectivity index (χ0v) is 22.5. The number of hydrogen-bond donors (Lipinski definition) is 0. The molecule has 0 fully saturated rings. The summed E-state index contributed by atoms with van der Waals surface area (Å²) in [5, 5.41) is -8.23. The number of halogens is 21. The molecule has 0 aliphatic carbocycles. The van der Waals surface area contributed by atoms with Crippen LogP contribution in [0.25, 0.3) is 0 Å². The molecule has 248 valence electrons. The molecule has 0 aromatic heterocycles. The first-order chi connectivity index (χ1) is 18.8. The van der Waals surface area contributed by atoms with E-state index in [0.29, 0.717) is 0 Å². The molecular weight excluding hydrogens is 765 g/mol. The molecule has 0 bridgehead atoms. The van der Waals surface area contributed by atoms with Gasteiger partial charge in [-0.1, -0.05) is 64.6 Å². The Balaban J connectivity index is 4.22. The molecular formula is C17H3Cl5F16O5. The van der Waals surface area contributed by atoms with Crippen molar-refractivity contribution < 1.29 is 94.0 Å². The zero-order valence-electron chi connectivity index (χ0n) is 18.8. The van der Waals surface area contributed by atoms with Crippen LogP contribution in [-0.4, -0.2) is 49.1 Å². The maximum atomic E-state index is 15.4. The molecule has 0 saturated heterocycles. The highest BCUT2D eigenvalue weighted by Gasteiger charge is 2.82. The molecule has 0 N–H and O–H groups in total. The Morgan fingerprint density at radius 2 is 0.907 bits per heavy atom. The van der Waals surface area contributed by atoms with Crippen LogP contribution in [0.5, 0.6) is 0 Å². The lowest BCUT2D eigenvalue weighted by Crippen LogP contribution is -2.65. The molecule has 26 heteroatoms. The van der Waals surface area contributed by atoms with E-state index in [1.54, 1.807) is 4.74 Å². The molecule has 1 aromatic carbocycles. The van der Waals surface area contributed by atoms with Gasteiger partial charge >= 0.3 is 54.7 Å². The molecule has 5 nitrogen and oxygen atoms in total. The van der Waals surface area contributed by atoms with E-state index in [2.05, 4.69) is 16.1 Å². The monoisotopic (exact) mass is 766 g/mol. The standard InChI is InChI=1S/C17H3Cl5F16O5/c1-2-3(39)40-10(11(23,24)25,4-5(18)7(20)9(22)8(21)6(4)19)13(29,30)41-16(35,12(26,27)28)42-14(31,32)15(33,34)43-17(36,37)38/h2H,1H2. The third kappa shape index (κ3) is 7.55. The van der Waals surface area contributed by atoms with Crippen LogP contribution in [0.15, 0.2) is 12.7 Å². The Kier molecular flexibility index (Phi) is 11.2. The van der Waals surface area contributed by atoms with Crippen molar-refractivity contribution in [3.63, 3.8) is 0 Å². The van der Waals surface area contributed by atoms with Crippen LogP contribution in [0.2, 0.25) is 25.1 Å². The molecule has 2 atom stereocenters. The molecule has 43 heavy (non-hydrogen) atoms. The van der Waals surface area contributed by atoms with Gasteiger partial charge in [0, 0.05) is 6.08 Å². The van der Waals surface area contributed by atoms with E-state index in [1.807, 2.05) is 0 Å². The van der Waals surface area contributed by atoms with Gasteiger partial charge in [-0.15, -0.1) is 13.2 Å². The Morgan fingerprint density at radius 1 is 0.558 bits per heavy atom. The van der Waals surface area contributed by atoms with Gasteiger partial charge in [-0.05, 0) is 0 Å². The summed E-state index contributed by atoms with van der Waals surface area (Å²) in [6.45, 7) is 2.48. The second-order valence-corrected chi connectivity index (χ2v) is 8.98. The van der Waals surface area contributed by atoms with Gasteiger partial charge in [0.15, 0.2) is 0 Å². The highest BCUT2D eigenvalue weighted by atomic mass is 35.5. The molecule has 1 rings (SSSR count). The molecule has 0 saturated carbocycles. The summed E-state index contributed by atoms with van der Waals surface area (Å²) in [6.07, 6.45) is -44.8. The van der Waals surface area contributed by atoms with E-state index in [-0.39, 0.29) is 0 Å². The van der Waals surface area contributed by atoms with E-state index in [4.69, 9.17) is 58.0 Å². The second kappa shape index (κ2) is 12.1. The number of benzene rings is 1. The van der Waals surface area contributed by atoms with Gasteiger partial charge in [0.2, 0.25) is 0 Å². The summed E-state index contributed by atoms with van der Waals surface area (Å²) in [4.78, 5) is 11.7. The average molecular weight is 768 g/mol. The van der Waals surface area contributed by atoms with Crippen molar-refractivity contribution in [2.75, 3.05) is 0 Å². The number of rotatable bonds is 10. The molecule has 0 amide bonds. The van der Waals surface area contributed by atoms with Gasteiger partial charge in [-0.25, -0.2) is 19.0 Å². The summed E-state index contributed by atoms with van der Waals surface area (Å²) in [6, 6.07) is -7.67. The fourth-order valence-corrected chi connectivity index (χ4v) is 3.93. The SMILES string of the molecule is C=CC(=O)OC(c1c(Cl)c(Cl)c(Cl)c(Cl)c1Cl)(C(F)(F)F)C(F)(F)OC(F)(OC(F)(F)C(F)(F)OC(F)(F)F)C(F)(F)F. The molecule has 0 heterocycles. The van der Waals surface area contributed by atoms with E-state index in [0.717, 1.165) is 0 Å². The topological polar surface area (TPSA) is 54.0 Å². The maximum Gasteiger partial charge on any atom is 0.527 e. The third-order valence-electron chi connectivity index (χ3n) is 4.23. The number of alkyl halides is 16. The molecule has 2 unspecified atom stereocenters. The fourth-order valence-electron chi connectivity index (χ4n) is 2.53. The summed E-state index contributed by atoms with van der Waals surface area (Å²) >= 11 is 27.2. The molecule has 1 aromatic rings. The van der Waals surface area contributed by atoms with Crippen molar-refractivity contribution in [1.82, 2.24) is 0 Å². The van der Waals surface area contributed by atoms with Crippen LogP contribution >= 0.6 is 58.0 Å². The van der Waals surface area contributed by atoms with Crippen LogP contribution in [-0.2, 0) is 29.3 Å². The number of hydrogen-bond acceptors (Lipinski definition) is 5. The quantitative estimate of drug-likeness (QED) is 0.0593. The smallest absolute Gasteiger partial charge is 0.431 e. The lowest BCUT2D eigenvalue weighted by molar-refractivity contribution is -0.590. The minimum atomic E-state index is -7.74. The molecule has 0 aliphatic heterocycles. The average Bonchev–Trinajstić information content (AvgIpc) is 2.76. The van der Waals surface area contributed by atoms with Crippen LogP contribution in [0.1, 0.15) is 5.56 Å².